The van der Waals surface area contributed by atoms with E-state index in [1.54, 1.807) is 12.4 Å². The van der Waals surface area contributed by atoms with E-state index in [9.17, 15) is 4.79 Å². The van der Waals surface area contributed by atoms with E-state index in [2.05, 4.69) is 45.5 Å². The van der Waals surface area contributed by atoms with Gasteiger partial charge in [-0.05, 0) is 49.3 Å². The zero-order valence-electron chi connectivity index (χ0n) is 16.5. The van der Waals surface area contributed by atoms with Crippen LogP contribution in [-0.2, 0) is 17.6 Å². The molecule has 0 unspecified atom stereocenters. The molecule has 1 aliphatic rings. The summed E-state index contributed by atoms with van der Waals surface area (Å²) >= 11 is 0. The summed E-state index contributed by atoms with van der Waals surface area (Å²) in [5, 5.41) is 3.99. The van der Waals surface area contributed by atoms with Crippen molar-refractivity contribution in [3.63, 3.8) is 0 Å². The van der Waals surface area contributed by atoms with Crippen LogP contribution in [0.25, 0.3) is 11.4 Å². The van der Waals surface area contributed by atoms with Crippen LogP contribution in [0.3, 0.4) is 0 Å². The quantitative estimate of drug-likeness (QED) is 0.611. The van der Waals surface area contributed by atoms with Crippen LogP contribution in [0.5, 0.6) is 0 Å². The summed E-state index contributed by atoms with van der Waals surface area (Å²) in [6.07, 6.45) is 8.77. The number of pyridine rings is 1. The topological polar surface area (TPSA) is 72.1 Å². The third-order valence-electron chi connectivity index (χ3n) is 5.61. The average molecular weight is 390 g/mol. The van der Waals surface area contributed by atoms with Gasteiger partial charge in [0.05, 0.1) is 0 Å². The molecular formula is C23H26N4O2. The summed E-state index contributed by atoms with van der Waals surface area (Å²) in [6, 6.07) is 14.3. The molecule has 0 bridgehead atoms. The first-order valence-electron chi connectivity index (χ1n) is 10.3. The molecular weight excluding hydrogens is 364 g/mol. The van der Waals surface area contributed by atoms with Crippen LogP contribution < -0.4 is 0 Å². The fourth-order valence-corrected chi connectivity index (χ4v) is 3.83. The summed E-state index contributed by atoms with van der Waals surface area (Å²) < 4.78 is 5.30. The van der Waals surface area contributed by atoms with E-state index < -0.39 is 0 Å². The van der Waals surface area contributed by atoms with E-state index in [0.717, 1.165) is 37.9 Å². The third-order valence-corrected chi connectivity index (χ3v) is 5.61. The number of aryl methyl sites for hydroxylation is 2. The van der Waals surface area contributed by atoms with Gasteiger partial charge in [0.1, 0.15) is 0 Å². The molecule has 3 heterocycles. The Hall–Kier alpha value is -3.02. The van der Waals surface area contributed by atoms with Crippen molar-refractivity contribution in [2.75, 3.05) is 13.1 Å². The molecule has 2 aromatic heterocycles. The van der Waals surface area contributed by atoms with E-state index in [1.807, 2.05) is 17.0 Å². The predicted molar refractivity (Wildman–Crippen MR) is 110 cm³/mol. The first-order chi connectivity index (χ1) is 14.3. The van der Waals surface area contributed by atoms with Gasteiger partial charge in [-0.3, -0.25) is 9.78 Å². The number of benzene rings is 1. The Morgan fingerprint density at radius 2 is 1.79 bits per heavy atom. The second kappa shape index (κ2) is 9.45. The lowest BCUT2D eigenvalue weighted by molar-refractivity contribution is -0.132. The Balaban J connectivity index is 1.20. The lowest BCUT2D eigenvalue weighted by Gasteiger charge is -2.32. The van der Waals surface area contributed by atoms with Gasteiger partial charge in [0.15, 0.2) is 0 Å². The Bertz CT molecular complexity index is 903. The Morgan fingerprint density at radius 1 is 1.03 bits per heavy atom. The fourth-order valence-electron chi connectivity index (χ4n) is 3.83. The number of rotatable bonds is 7. The zero-order chi connectivity index (χ0) is 19.9. The van der Waals surface area contributed by atoms with E-state index in [1.165, 1.54) is 12.0 Å². The third kappa shape index (κ3) is 5.28. The number of likely N-dealkylation sites (tertiary alicyclic amines) is 1. The van der Waals surface area contributed by atoms with Crippen molar-refractivity contribution in [3.05, 3.63) is 66.3 Å². The highest BCUT2D eigenvalue weighted by molar-refractivity contribution is 5.76. The van der Waals surface area contributed by atoms with Crippen molar-refractivity contribution in [1.82, 2.24) is 20.0 Å². The molecule has 0 radical (unpaired) electrons. The first kappa shape index (κ1) is 19.3. The van der Waals surface area contributed by atoms with Crippen LogP contribution in [0.1, 0.15) is 37.1 Å². The molecule has 1 fully saturated rings. The molecule has 29 heavy (non-hydrogen) atoms. The number of hydrogen-bond acceptors (Lipinski definition) is 5. The van der Waals surface area contributed by atoms with Crippen molar-refractivity contribution in [3.8, 4) is 11.4 Å². The van der Waals surface area contributed by atoms with Gasteiger partial charge in [-0.2, -0.15) is 4.98 Å². The smallest absolute Gasteiger partial charge is 0.227 e. The SMILES string of the molecule is O=C(CCc1nc(-c2ccncc2)no1)N1CCC(CCc2ccccc2)CC1. The highest BCUT2D eigenvalue weighted by Crippen LogP contribution is 2.23. The largest absolute Gasteiger partial charge is 0.343 e. The van der Waals surface area contributed by atoms with Gasteiger partial charge in [0.2, 0.25) is 17.6 Å². The maximum atomic E-state index is 12.6. The molecule has 1 saturated heterocycles. The standard InChI is InChI=1S/C23H26N4O2/c28-22(9-8-21-25-23(26-29-21)20-10-14-24-15-11-20)27-16-12-19(13-17-27)7-6-18-4-2-1-3-5-18/h1-5,10-11,14-15,19H,6-9,12-13,16-17H2. The summed E-state index contributed by atoms with van der Waals surface area (Å²) in [5.41, 5.74) is 2.26. The number of aromatic nitrogens is 3. The molecule has 0 atom stereocenters. The van der Waals surface area contributed by atoms with Crippen LogP contribution in [-0.4, -0.2) is 39.0 Å². The number of hydrogen-bond donors (Lipinski definition) is 0. The number of nitrogens with zero attached hydrogens (tertiary/aromatic N) is 4. The molecule has 6 heteroatoms. The lowest BCUT2D eigenvalue weighted by atomic mass is 9.90. The minimum absolute atomic E-state index is 0.176. The second-order valence-corrected chi connectivity index (χ2v) is 7.60. The van der Waals surface area contributed by atoms with Crippen molar-refractivity contribution in [2.24, 2.45) is 5.92 Å². The molecule has 4 rings (SSSR count). The molecule has 1 aliphatic heterocycles. The van der Waals surface area contributed by atoms with Crippen LogP contribution in [0, 0.1) is 5.92 Å². The van der Waals surface area contributed by atoms with Crippen LogP contribution >= 0.6 is 0 Å². The Labute approximate surface area is 171 Å². The molecule has 3 aromatic rings. The van der Waals surface area contributed by atoms with E-state index >= 15 is 0 Å². The predicted octanol–water partition coefficient (Wildman–Crippen LogP) is 3.94. The van der Waals surface area contributed by atoms with E-state index in [0.29, 0.717) is 30.5 Å². The molecule has 1 amide bonds. The first-order valence-corrected chi connectivity index (χ1v) is 10.3. The molecule has 6 nitrogen and oxygen atoms in total. The summed E-state index contributed by atoms with van der Waals surface area (Å²) in [4.78, 5) is 22.9. The number of amides is 1. The van der Waals surface area contributed by atoms with E-state index in [-0.39, 0.29) is 5.91 Å². The second-order valence-electron chi connectivity index (χ2n) is 7.60. The summed E-state index contributed by atoms with van der Waals surface area (Å²) in [7, 11) is 0. The molecule has 1 aromatic carbocycles. The number of carbonyl (C=O) groups is 1. The van der Waals surface area contributed by atoms with Gasteiger partial charge in [0.25, 0.3) is 0 Å². The van der Waals surface area contributed by atoms with Gasteiger partial charge in [-0.1, -0.05) is 35.5 Å². The maximum Gasteiger partial charge on any atom is 0.227 e. The zero-order valence-corrected chi connectivity index (χ0v) is 16.5. The Morgan fingerprint density at radius 3 is 2.55 bits per heavy atom. The lowest BCUT2D eigenvalue weighted by Crippen LogP contribution is -2.38. The van der Waals surface area contributed by atoms with Crippen LogP contribution in [0.4, 0.5) is 0 Å². The fraction of sp³-hybridized carbons (Fsp3) is 0.391. The highest BCUT2D eigenvalue weighted by Gasteiger charge is 2.23. The number of piperidine rings is 1. The minimum atomic E-state index is 0.176. The molecule has 150 valence electrons. The number of carbonyl (C=O) groups excluding carboxylic acids is 1. The molecule has 0 aliphatic carbocycles. The molecule has 0 saturated carbocycles. The van der Waals surface area contributed by atoms with Crippen LogP contribution in [0.15, 0.2) is 59.4 Å². The Kier molecular flexibility index (Phi) is 6.29. The van der Waals surface area contributed by atoms with Crippen molar-refractivity contribution in [2.45, 2.75) is 38.5 Å². The summed E-state index contributed by atoms with van der Waals surface area (Å²) in [6.45, 7) is 1.70. The van der Waals surface area contributed by atoms with Gasteiger partial charge in [-0.25, -0.2) is 0 Å². The van der Waals surface area contributed by atoms with Crippen LogP contribution in [0.2, 0.25) is 0 Å². The van der Waals surface area contributed by atoms with Crippen molar-refractivity contribution < 1.29 is 9.32 Å². The van der Waals surface area contributed by atoms with Gasteiger partial charge in [0, 0.05) is 43.9 Å². The molecule has 0 spiro atoms. The average Bonchev–Trinajstić information content (AvgIpc) is 3.27. The minimum Gasteiger partial charge on any atom is -0.343 e. The maximum absolute atomic E-state index is 12.6. The van der Waals surface area contributed by atoms with Crippen molar-refractivity contribution in [1.29, 1.82) is 0 Å². The summed E-state index contributed by atoms with van der Waals surface area (Å²) in [5.74, 6) is 1.92. The van der Waals surface area contributed by atoms with Gasteiger partial charge in [-0.15, -0.1) is 0 Å². The van der Waals surface area contributed by atoms with E-state index in [4.69, 9.17) is 4.52 Å². The van der Waals surface area contributed by atoms with Gasteiger partial charge >= 0.3 is 0 Å². The monoisotopic (exact) mass is 390 g/mol. The van der Waals surface area contributed by atoms with Crippen molar-refractivity contribution >= 4 is 5.91 Å². The highest BCUT2D eigenvalue weighted by atomic mass is 16.5. The van der Waals surface area contributed by atoms with Gasteiger partial charge < -0.3 is 9.42 Å². The normalized spacial score (nSPS) is 14.8. The molecule has 0 N–H and O–H groups in total.